The maximum Gasteiger partial charge on any atom is 0.316 e. The van der Waals surface area contributed by atoms with E-state index in [4.69, 9.17) is 20.1 Å². The Labute approximate surface area is 249 Å². The van der Waals surface area contributed by atoms with Crippen LogP contribution < -0.4 is 10.6 Å². The van der Waals surface area contributed by atoms with Gasteiger partial charge >= 0.3 is 11.9 Å². The van der Waals surface area contributed by atoms with Crippen molar-refractivity contribution in [1.82, 2.24) is 10.6 Å². The fraction of sp³-hybridized carbons (Fsp3) is 0.933. The Balaban J connectivity index is -0.000000563. The summed E-state index contributed by atoms with van der Waals surface area (Å²) in [5, 5.41) is 60.1. The van der Waals surface area contributed by atoms with Gasteiger partial charge in [-0.3, -0.25) is 9.59 Å². The molecule has 0 radical (unpaired) electrons. The van der Waals surface area contributed by atoms with Crippen LogP contribution in [0.2, 0.25) is 0 Å². The van der Waals surface area contributed by atoms with Gasteiger partial charge in [-0.2, -0.15) is 0 Å². The molecule has 0 aliphatic carbocycles. The molecule has 0 aromatic rings. The Morgan fingerprint density at radius 3 is 1.20 bits per heavy atom. The second kappa shape index (κ2) is 16.5. The molecule has 8 N–H and O–H groups in total. The van der Waals surface area contributed by atoms with Crippen LogP contribution in [0.25, 0.3) is 0 Å². The summed E-state index contributed by atoms with van der Waals surface area (Å²) < 4.78 is 5.51. The molecule has 0 atom stereocenters. The van der Waals surface area contributed by atoms with Gasteiger partial charge in [0.2, 0.25) is 0 Å². The van der Waals surface area contributed by atoms with Crippen LogP contribution in [0, 0.1) is 10.8 Å². The zero-order valence-electron chi connectivity index (χ0n) is 25.7. The first-order valence-electron chi connectivity index (χ1n) is 13.6. The van der Waals surface area contributed by atoms with Crippen molar-refractivity contribution in [3.63, 3.8) is 0 Å². The second-order valence-electron chi connectivity index (χ2n) is 14.3. The molecule has 0 bridgehead atoms. The van der Waals surface area contributed by atoms with Crippen LogP contribution in [-0.2, 0) is 14.3 Å². The molecule has 2 rings (SSSR count). The van der Waals surface area contributed by atoms with E-state index in [0.29, 0.717) is 0 Å². The highest BCUT2D eigenvalue weighted by Crippen LogP contribution is 2.32. The van der Waals surface area contributed by atoms with Crippen molar-refractivity contribution in [2.75, 3.05) is 26.4 Å². The molecule has 248 valence electrons. The standard InChI is InChI=1S/C14H27NO4.C9H19NO.C5H10O4.2CH4/c1-12(2)6-10(7-13(3,4)15-12)19-11(18)14(5,8-16)9-17;1-8(2)5-7(11)6-9(3,4)10-8;1-5(2-6,3-7)4(8)9;;/h10,15-17H,6-9H2,1-5H3;7,10-11H,5-6H2,1-4H3;6-7H,2-3H2,1H3,(H,8,9);2*1H4. The summed E-state index contributed by atoms with van der Waals surface area (Å²) in [6.07, 6.45) is 2.81. The largest absolute Gasteiger partial charge is 0.481 e. The molecule has 0 unspecified atom stereocenters. The number of aliphatic hydroxyl groups is 5. The van der Waals surface area contributed by atoms with Crippen molar-refractivity contribution in [2.24, 2.45) is 10.8 Å². The minimum absolute atomic E-state index is 0. The molecule has 0 saturated carbocycles. The lowest BCUT2D eigenvalue weighted by atomic mass is 9.81. The first-order valence-corrected chi connectivity index (χ1v) is 13.6. The van der Waals surface area contributed by atoms with Crippen molar-refractivity contribution in [2.45, 2.75) is 144 Å². The Hall–Kier alpha value is -1.34. The third-order valence-electron chi connectivity index (χ3n) is 7.00. The van der Waals surface area contributed by atoms with E-state index in [1.807, 2.05) is 0 Å². The van der Waals surface area contributed by atoms with Gasteiger partial charge in [-0.15, -0.1) is 0 Å². The van der Waals surface area contributed by atoms with E-state index in [1.54, 1.807) is 0 Å². The molecule has 41 heavy (non-hydrogen) atoms. The topological polar surface area (TPSA) is 189 Å². The monoisotopic (exact) mass is 596 g/mol. The van der Waals surface area contributed by atoms with Gasteiger partial charge in [0.25, 0.3) is 0 Å². The number of piperidine rings is 2. The van der Waals surface area contributed by atoms with Gasteiger partial charge in [0.15, 0.2) is 0 Å². The summed E-state index contributed by atoms with van der Waals surface area (Å²) in [6, 6.07) is 0. The van der Waals surface area contributed by atoms with Gasteiger partial charge < -0.3 is 46.0 Å². The van der Waals surface area contributed by atoms with Gasteiger partial charge in [-0.25, -0.2) is 0 Å². The third-order valence-corrected chi connectivity index (χ3v) is 7.00. The van der Waals surface area contributed by atoms with E-state index in [1.165, 1.54) is 13.8 Å². The van der Waals surface area contributed by atoms with Gasteiger partial charge in [0.1, 0.15) is 16.9 Å². The van der Waals surface area contributed by atoms with Crippen LogP contribution in [0.5, 0.6) is 0 Å². The number of carboxylic acid groups (broad SMARTS) is 1. The summed E-state index contributed by atoms with van der Waals surface area (Å²) in [5.74, 6) is -1.72. The van der Waals surface area contributed by atoms with E-state index in [-0.39, 0.29) is 49.2 Å². The normalized spacial score (nSPS) is 21.3. The van der Waals surface area contributed by atoms with Crippen molar-refractivity contribution in [3.05, 3.63) is 0 Å². The van der Waals surface area contributed by atoms with E-state index < -0.39 is 49.2 Å². The number of aliphatic hydroxyl groups excluding tert-OH is 5. The molecular formula is C30H64N2O9. The van der Waals surface area contributed by atoms with Crippen molar-refractivity contribution in [1.29, 1.82) is 0 Å². The number of aliphatic carboxylic acids is 1. The minimum atomic E-state index is -1.39. The van der Waals surface area contributed by atoms with Crippen molar-refractivity contribution >= 4 is 11.9 Å². The van der Waals surface area contributed by atoms with Crippen LogP contribution >= 0.6 is 0 Å². The van der Waals surface area contributed by atoms with E-state index in [9.17, 15) is 24.9 Å². The molecular weight excluding hydrogens is 532 g/mol. The highest BCUT2D eigenvalue weighted by atomic mass is 16.5. The number of ether oxygens (including phenoxy) is 1. The summed E-state index contributed by atoms with van der Waals surface area (Å²) in [7, 11) is 0. The third kappa shape index (κ3) is 15.1. The van der Waals surface area contributed by atoms with Crippen LogP contribution in [-0.4, -0.2) is 103 Å². The van der Waals surface area contributed by atoms with E-state index >= 15 is 0 Å². The SMILES string of the molecule is C.C.CC(CO)(CO)C(=O)O.CC1(C)CC(O)CC(C)(C)N1.CC1(C)CC(OC(=O)C(C)(CO)CO)CC(C)(C)N1. The average molecular weight is 597 g/mol. The molecule has 2 saturated heterocycles. The second-order valence-corrected chi connectivity index (χ2v) is 14.3. The van der Waals surface area contributed by atoms with Crippen molar-refractivity contribution in [3.8, 4) is 0 Å². The smallest absolute Gasteiger partial charge is 0.316 e. The number of nitrogens with one attached hydrogen (secondary N) is 2. The maximum atomic E-state index is 12.1. The molecule has 2 aliphatic rings. The predicted molar refractivity (Wildman–Crippen MR) is 163 cm³/mol. The molecule has 11 heteroatoms. The first kappa shape index (κ1) is 44.1. The quantitative estimate of drug-likeness (QED) is 0.202. The fourth-order valence-corrected chi connectivity index (χ4v) is 5.24. The van der Waals surface area contributed by atoms with Gasteiger partial charge in [-0.05, 0) is 82.1 Å². The number of hydrogen-bond acceptors (Lipinski definition) is 10. The lowest BCUT2D eigenvalue weighted by Crippen LogP contribution is -2.60. The van der Waals surface area contributed by atoms with E-state index in [2.05, 4.69) is 66.0 Å². The van der Waals surface area contributed by atoms with Crippen LogP contribution in [0.3, 0.4) is 0 Å². The Bertz CT molecular complexity index is 757. The number of carbonyl (C=O) groups is 2. The predicted octanol–water partition coefficient (Wildman–Crippen LogP) is 2.45. The number of carbonyl (C=O) groups excluding carboxylic acids is 1. The molecule has 11 nitrogen and oxygen atoms in total. The summed E-state index contributed by atoms with van der Waals surface area (Å²) in [5.41, 5.74) is -2.66. The Morgan fingerprint density at radius 2 is 0.976 bits per heavy atom. The first-order chi connectivity index (χ1) is 17.4. The molecule has 2 heterocycles. The highest BCUT2D eigenvalue weighted by molar-refractivity contribution is 5.77. The van der Waals surface area contributed by atoms with Gasteiger partial charge in [0.05, 0.1) is 32.5 Å². The summed E-state index contributed by atoms with van der Waals surface area (Å²) in [6.45, 7) is 17.7. The summed E-state index contributed by atoms with van der Waals surface area (Å²) >= 11 is 0. The lowest BCUT2D eigenvalue weighted by molar-refractivity contribution is -0.169. The fourth-order valence-electron chi connectivity index (χ4n) is 5.24. The van der Waals surface area contributed by atoms with Gasteiger partial charge in [-0.1, -0.05) is 14.9 Å². The van der Waals surface area contributed by atoms with Gasteiger partial charge in [0, 0.05) is 35.0 Å². The highest BCUT2D eigenvalue weighted by Gasteiger charge is 2.42. The van der Waals surface area contributed by atoms with E-state index in [0.717, 1.165) is 25.7 Å². The number of rotatable bonds is 7. The molecule has 0 spiro atoms. The summed E-state index contributed by atoms with van der Waals surface area (Å²) in [4.78, 5) is 22.2. The van der Waals surface area contributed by atoms with Crippen LogP contribution in [0.15, 0.2) is 0 Å². The van der Waals surface area contributed by atoms with Crippen LogP contribution in [0.1, 0.15) is 110 Å². The molecule has 2 aliphatic heterocycles. The zero-order chi connectivity index (χ0) is 31.1. The molecule has 0 amide bonds. The van der Waals surface area contributed by atoms with Crippen LogP contribution in [0.4, 0.5) is 0 Å². The molecule has 0 aromatic heterocycles. The Kier molecular flexibility index (Phi) is 17.7. The number of esters is 1. The molecule has 2 fully saturated rings. The maximum absolute atomic E-state index is 12.1. The zero-order valence-corrected chi connectivity index (χ0v) is 25.7. The lowest BCUT2D eigenvalue weighted by Gasteiger charge is -2.46. The average Bonchev–Trinajstić information content (AvgIpc) is 2.73. The number of hydrogen-bond donors (Lipinski definition) is 8. The number of carboxylic acids is 1. The molecule has 0 aromatic carbocycles. The van der Waals surface area contributed by atoms with Crippen molar-refractivity contribution < 1.29 is 45.0 Å². The Morgan fingerprint density at radius 1 is 0.683 bits per heavy atom. The minimum Gasteiger partial charge on any atom is -0.481 e.